The fourth-order valence-electron chi connectivity index (χ4n) is 4.79. The van der Waals surface area contributed by atoms with Crippen LogP contribution in [0.15, 0.2) is 34.9 Å². The molecule has 4 rings (SSSR count). The number of hydrogen-bond donors (Lipinski definition) is 1. The van der Waals surface area contributed by atoms with Gasteiger partial charge in [-0.05, 0) is 49.4 Å². The molecule has 1 aliphatic heterocycles. The first-order chi connectivity index (χ1) is 19.0. The highest BCUT2D eigenvalue weighted by Crippen LogP contribution is 2.40. The molecule has 0 aliphatic carbocycles. The molecule has 0 spiro atoms. The molecular weight excluding hydrogens is 500 g/mol. The van der Waals surface area contributed by atoms with Crippen molar-refractivity contribution in [1.29, 1.82) is 5.26 Å². The maximum atomic E-state index is 11.5. The number of aryl methyl sites for hydroxylation is 2. The minimum atomic E-state index is -0.987. The average Bonchev–Trinajstić information content (AvgIpc) is 3.37. The standard InChI is InChI=1S/C30H34N2O7/c1-4-7-22-26(14-11-21(29(22)35-3)24-18-38-19(2)32-24)37-17-6-16-36-25-12-9-20-10-13-27(30(33)34)39-28(20)23(25)8-5-15-31/h9,11-12,14,18,27H,4-8,10,13,16-17H2,1-3H3,(H,33,34). The van der Waals surface area contributed by atoms with Crippen molar-refractivity contribution in [3.63, 3.8) is 0 Å². The summed E-state index contributed by atoms with van der Waals surface area (Å²) in [5, 5.41) is 18.6. The van der Waals surface area contributed by atoms with Gasteiger partial charge in [0, 0.05) is 36.5 Å². The molecule has 2 aromatic carbocycles. The number of carboxylic acid groups (broad SMARTS) is 1. The number of ether oxygens (including phenoxy) is 4. The van der Waals surface area contributed by atoms with Crippen molar-refractivity contribution in [2.45, 2.75) is 64.9 Å². The Hall–Kier alpha value is -4.19. The molecule has 3 aromatic rings. The summed E-state index contributed by atoms with van der Waals surface area (Å²) >= 11 is 0. The Morgan fingerprint density at radius 2 is 1.90 bits per heavy atom. The van der Waals surface area contributed by atoms with Crippen molar-refractivity contribution in [3.05, 3.63) is 53.1 Å². The molecule has 206 valence electrons. The summed E-state index contributed by atoms with van der Waals surface area (Å²) in [4.78, 5) is 15.9. The van der Waals surface area contributed by atoms with Gasteiger partial charge in [0.1, 0.15) is 35.0 Å². The number of methoxy groups -OCH3 is 1. The van der Waals surface area contributed by atoms with E-state index in [1.54, 1.807) is 20.3 Å². The summed E-state index contributed by atoms with van der Waals surface area (Å²) in [6.45, 7) is 4.73. The molecule has 1 atom stereocenters. The van der Waals surface area contributed by atoms with Gasteiger partial charge in [-0.1, -0.05) is 19.4 Å². The van der Waals surface area contributed by atoms with Crippen molar-refractivity contribution in [2.24, 2.45) is 0 Å². The number of fused-ring (bicyclic) bond motifs is 1. The van der Waals surface area contributed by atoms with Crippen LogP contribution in [0.2, 0.25) is 0 Å². The zero-order chi connectivity index (χ0) is 27.8. The molecule has 2 heterocycles. The number of benzene rings is 2. The lowest BCUT2D eigenvalue weighted by atomic mass is 9.96. The Balaban J connectivity index is 1.43. The molecule has 0 fully saturated rings. The van der Waals surface area contributed by atoms with Crippen molar-refractivity contribution in [1.82, 2.24) is 4.98 Å². The van der Waals surface area contributed by atoms with E-state index in [0.717, 1.165) is 52.3 Å². The molecule has 0 bridgehead atoms. The number of rotatable bonds is 13. The third-order valence-corrected chi connectivity index (χ3v) is 6.62. The lowest BCUT2D eigenvalue weighted by Gasteiger charge is -2.26. The third-order valence-electron chi connectivity index (χ3n) is 6.62. The van der Waals surface area contributed by atoms with E-state index in [4.69, 9.17) is 28.6 Å². The number of aliphatic carboxylic acids is 1. The van der Waals surface area contributed by atoms with Gasteiger partial charge in [-0.15, -0.1) is 0 Å². The Kier molecular flexibility index (Phi) is 9.31. The average molecular weight is 535 g/mol. The zero-order valence-corrected chi connectivity index (χ0v) is 22.6. The summed E-state index contributed by atoms with van der Waals surface area (Å²) in [5.41, 5.74) is 4.25. The molecule has 0 saturated heterocycles. The van der Waals surface area contributed by atoms with Crippen LogP contribution in [0.1, 0.15) is 55.2 Å². The first kappa shape index (κ1) is 27.8. The van der Waals surface area contributed by atoms with Gasteiger partial charge < -0.3 is 28.5 Å². The number of nitrogens with zero attached hydrogens (tertiary/aromatic N) is 2. The maximum absolute atomic E-state index is 11.5. The van der Waals surface area contributed by atoms with E-state index in [1.165, 1.54) is 0 Å². The van der Waals surface area contributed by atoms with Gasteiger partial charge >= 0.3 is 5.97 Å². The summed E-state index contributed by atoms with van der Waals surface area (Å²) in [6, 6.07) is 9.81. The van der Waals surface area contributed by atoms with Gasteiger partial charge in [-0.25, -0.2) is 9.78 Å². The number of nitriles is 1. The summed E-state index contributed by atoms with van der Waals surface area (Å²) in [7, 11) is 1.65. The van der Waals surface area contributed by atoms with Crippen LogP contribution in [0.5, 0.6) is 23.0 Å². The fraction of sp³-hybridized carbons (Fsp3) is 0.433. The van der Waals surface area contributed by atoms with Crippen molar-refractivity contribution in [3.8, 4) is 40.3 Å². The first-order valence-corrected chi connectivity index (χ1v) is 13.3. The van der Waals surface area contributed by atoms with E-state index >= 15 is 0 Å². The molecule has 9 heteroatoms. The lowest BCUT2D eigenvalue weighted by Crippen LogP contribution is -2.31. The van der Waals surface area contributed by atoms with Crippen LogP contribution in [-0.4, -0.2) is 42.5 Å². The zero-order valence-electron chi connectivity index (χ0n) is 22.6. The normalized spacial score (nSPS) is 14.2. The van der Waals surface area contributed by atoms with Crippen LogP contribution in [0.25, 0.3) is 11.3 Å². The van der Waals surface area contributed by atoms with E-state index < -0.39 is 12.1 Å². The predicted octanol–water partition coefficient (Wildman–Crippen LogP) is 5.69. The summed E-state index contributed by atoms with van der Waals surface area (Å²) in [5.74, 6) is 2.24. The maximum Gasteiger partial charge on any atom is 0.344 e. The number of hydrogen-bond acceptors (Lipinski definition) is 8. The monoisotopic (exact) mass is 534 g/mol. The number of carboxylic acids is 1. The minimum absolute atomic E-state index is 0.281. The van der Waals surface area contributed by atoms with Gasteiger partial charge in [0.25, 0.3) is 0 Å². The van der Waals surface area contributed by atoms with Gasteiger partial charge in [0.2, 0.25) is 0 Å². The highest BCUT2D eigenvalue weighted by molar-refractivity contribution is 5.74. The van der Waals surface area contributed by atoms with Crippen molar-refractivity contribution in [2.75, 3.05) is 20.3 Å². The predicted molar refractivity (Wildman–Crippen MR) is 144 cm³/mol. The van der Waals surface area contributed by atoms with E-state index in [2.05, 4.69) is 18.0 Å². The van der Waals surface area contributed by atoms with E-state index in [1.807, 2.05) is 24.3 Å². The van der Waals surface area contributed by atoms with Crippen LogP contribution >= 0.6 is 0 Å². The van der Waals surface area contributed by atoms with E-state index in [0.29, 0.717) is 56.3 Å². The smallest absolute Gasteiger partial charge is 0.344 e. The van der Waals surface area contributed by atoms with Crippen LogP contribution in [0.3, 0.4) is 0 Å². The number of carbonyl (C=O) groups is 1. The van der Waals surface area contributed by atoms with Crippen LogP contribution in [0.4, 0.5) is 0 Å². The van der Waals surface area contributed by atoms with Crippen LogP contribution in [-0.2, 0) is 24.1 Å². The first-order valence-electron chi connectivity index (χ1n) is 13.3. The third kappa shape index (κ3) is 6.45. The van der Waals surface area contributed by atoms with Crippen LogP contribution < -0.4 is 18.9 Å². The Labute approximate surface area is 228 Å². The Morgan fingerprint density at radius 1 is 1.15 bits per heavy atom. The lowest BCUT2D eigenvalue weighted by molar-refractivity contribution is -0.145. The highest BCUT2D eigenvalue weighted by Gasteiger charge is 2.29. The van der Waals surface area contributed by atoms with E-state index in [9.17, 15) is 9.90 Å². The SMILES string of the molecule is CCCc1c(OCCCOc2ccc3c(c2CCC#N)OC(C(=O)O)CC3)ccc(-c2coc(C)n2)c1OC. The van der Waals surface area contributed by atoms with Gasteiger partial charge in [0.15, 0.2) is 12.0 Å². The molecule has 9 nitrogen and oxygen atoms in total. The molecule has 0 amide bonds. The minimum Gasteiger partial charge on any atom is -0.496 e. The molecule has 0 radical (unpaired) electrons. The molecule has 1 N–H and O–H groups in total. The molecule has 1 aromatic heterocycles. The molecule has 39 heavy (non-hydrogen) atoms. The quantitative estimate of drug-likeness (QED) is 0.275. The molecule has 1 aliphatic rings. The number of aromatic nitrogens is 1. The fourth-order valence-corrected chi connectivity index (χ4v) is 4.79. The second-order valence-electron chi connectivity index (χ2n) is 9.35. The summed E-state index contributed by atoms with van der Waals surface area (Å²) < 4.78 is 29.2. The molecule has 0 saturated carbocycles. The van der Waals surface area contributed by atoms with E-state index in [-0.39, 0.29) is 6.42 Å². The largest absolute Gasteiger partial charge is 0.496 e. The van der Waals surface area contributed by atoms with Gasteiger partial charge in [0.05, 0.1) is 26.4 Å². The molecule has 1 unspecified atom stereocenters. The van der Waals surface area contributed by atoms with Crippen molar-refractivity contribution >= 4 is 5.97 Å². The topological polar surface area (TPSA) is 124 Å². The number of oxazole rings is 1. The second-order valence-corrected chi connectivity index (χ2v) is 9.35. The Morgan fingerprint density at radius 3 is 2.54 bits per heavy atom. The molecular formula is C30H34N2O7. The second kappa shape index (κ2) is 13.1. The van der Waals surface area contributed by atoms with Crippen molar-refractivity contribution < 1.29 is 33.3 Å². The highest BCUT2D eigenvalue weighted by atomic mass is 16.5. The van der Waals surface area contributed by atoms with Gasteiger partial charge in [-0.3, -0.25) is 0 Å². The van der Waals surface area contributed by atoms with Gasteiger partial charge in [-0.2, -0.15) is 5.26 Å². The van der Waals surface area contributed by atoms with Crippen LogP contribution in [0, 0.1) is 18.3 Å². The summed E-state index contributed by atoms with van der Waals surface area (Å²) in [6.07, 6.45) is 4.79. The Bertz CT molecular complexity index is 1340.